The number of rotatable bonds is 4. The molecule has 0 aromatic carbocycles. The number of hydrogen-bond acceptors (Lipinski definition) is 3. The third kappa shape index (κ3) is 3.23. The molecule has 0 aliphatic heterocycles. The quantitative estimate of drug-likeness (QED) is 0.723. The van der Waals surface area contributed by atoms with Gasteiger partial charge in [-0.1, -0.05) is 19.3 Å². The minimum Gasteiger partial charge on any atom is -0.480 e. The van der Waals surface area contributed by atoms with E-state index in [4.69, 9.17) is 0 Å². The maximum Gasteiger partial charge on any atom is 0.329 e. The molecule has 6 heteroatoms. The molecule has 0 saturated heterocycles. The molecule has 2 amide bonds. The van der Waals surface area contributed by atoms with E-state index in [2.05, 4.69) is 5.32 Å². The number of nitrogens with one attached hydrogen (secondary N) is 1. The van der Waals surface area contributed by atoms with Gasteiger partial charge in [-0.3, -0.25) is 0 Å². The van der Waals surface area contributed by atoms with Gasteiger partial charge < -0.3 is 20.4 Å². The number of aliphatic hydroxyl groups is 1. The fourth-order valence-corrected chi connectivity index (χ4v) is 3.17. The minimum atomic E-state index is -1.09. The summed E-state index contributed by atoms with van der Waals surface area (Å²) >= 11 is 0. The molecule has 0 unspecified atom stereocenters. The highest BCUT2D eigenvalue weighted by Gasteiger charge is 2.41. The number of nitrogens with zero attached hydrogens (tertiary/aromatic N) is 1. The third-order valence-electron chi connectivity index (χ3n) is 4.55. The molecular formula is C14H24N2O4. The summed E-state index contributed by atoms with van der Waals surface area (Å²) in [5, 5.41) is 21.4. The molecule has 114 valence electrons. The molecule has 2 fully saturated rings. The SMILES string of the molecule is CN(CC1CC(O)C1)C(=O)NC1(C(=O)O)CCCCC1. The van der Waals surface area contributed by atoms with E-state index in [0.29, 0.717) is 25.3 Å². The van der Waals surface area contributed by atoms with Gasteiger partial charge in [-0.25, -0.2) is 9.59 Å². The van der Waals surface area contributed by atoms with E-state index < -0.39 is 11.5 Å². The first-order chi connectivity index (χ1) is 9.43. The number of carboxylic acids is 1. The average molecular weight is 284 g/mol. The standard InChI is InChI=1S/C14H24N2O4/c1-16(9-10-7-11(17)8-10)13(20)15-14(12(18)19)5-3-2-4-6-14/h10-11,17H,2-9H2,1H3,(H,15,20)(H,18,19). The van der Waals surface area contributed by atoms with Crippen molar-refractivity contribution in [2.75, 3.05) is 13.6 Å². The molecule has 6 nitrogen and oxygen atoms in total. The van der Waals surface area contributed by atoms with Gasteiger partial charge >= 0.3 is 12.0 Å². The van der Waals surface area contributed by atoms with Crippen molar-refractivity contribution < 1.29 is 19.8 Å². The van der Waals surface area contributed by atoms with Crippen LogP contribution in [0.3, 0.4) is 0 Å². The molecule has 0 aromatic heterocycles. The van der Waals surface area contributed by atoms with Gasteiger partial charge in [-0.05, 0) is 31.6 Å². The predicted molar refractivity (Wildman–Crippen MR) is 73.3 cm³/mol. The third-order valence-corrected chi connectivity index (χ3v) is 4.55. The number of aliphatic hydroxyl groups excluding tert-OH is 1. The van der Waals surface area contributed by atoms with Crippen LogP contribution in [-0.2, 0) is 4.79 Å². The van der Waals surface area contributed by atoms with Crippen LogP contribution in [-0.4, -0.2) is 52.3 Å². The molecule has 20 heavy (non-hydrogen) atoms. The fourth-order valence-electron chi connectivity index (χ4n) is 3.17. The smallest absolute Gasteiger partial charge is 0.329 e. The molecule has 0 heterocycles. The first kappa shape index (κ1) is 15.1. The van der Waals surface area contributed by atoms with E-state index in [-0.39, 0.29) is 12.1 Å². The van der Waals surface area contributed by atoms with Gasteiger partial charge in [0.1, 0.15) is 5.54 Å². The Hall–Kier alpha value is -1.30. The summed E-state index contributed by atoms with van der Waals surface area (Å²) < 4.78 is 0. The van der Waals surface area contributed by atoms with Crippen LogP contribution in [0.1, 0.15) is 44.9 Å². The van der Waals surface area contributed by atoms with Gasteiger partial charge in [0.2, 0.25) is 0 Å². The van der Waals surface area contributed by atoms with E-state index in [1.807, 2.05) is 0 Å². The summed E-state index contributed by atoms with van der Waals surface area (Å²) in [4.78, 5) is 25.2. The molecular weight excluding hydrogens is 260 g/mol. The molecule has 3 N–H and O–H groups in total. The molecule has 2 rings (SSSR count). The first-order valence-corrected chi connectivity index (χ1v) is 7.38. The zero-order valence-corrected chi connectivity index (χ0v) is 12.0. The molecule has 0 aromatic rings. The molecule has 0 bridgehead atoms. The summed E-state index contributed by atoms with van der Waals surface area (Å²) in [5.41, 5.74) is -1.09. The van der Waals surface area contributed by atoms with E-state index in [1.54, 1.807) is 7.05 Å². The lowest BCUT2D eigenvalue weighted by Gasteiger charge is -2.38. The summed E-state index contributed by atoms with van der Waals surface area (Å²) in [6.45, 7) is 0.568. The van der Waals surface area contributed by atoms with Gasteiger partial charge in [-0.2, -0.15) is 0 Å². The van der Waals surface area contributed by atoms with Crippen LogP contribution in [0.4, 0.5) is 4.79 Å². The van der Waals surface area contributed by atoms with Crippen LogP contribution < -0.4 is 5.32 Å². The monoisotopic (exact) mass is 284 g/mol. The Morgan fingerprint density at radius 1 is 1.25 bits per heavy atom. The predicted octanol–water partition coefficient (Wildman–Crippen LogP) is 1.19. The number of carbonyl (C=O) groups is 2. The van der Waals surface area contributed by atoms with Gasteiger partial charge in [-0.15, -0.1) is 0 Å². The Kier molecular flexibility index (Phi) is 4.52. The second kappa shape index (κ2) is 5.99. The van der Waals surface area contributed by atoms with E-state index in [1.165, 1.54) is 4.90 Å². The van der Waals surface area contributed by atoms with Crippen molar-refractivity contribution in [3.8, 4) is 0 Å². The average Bonchev–Trinajstić information content (AvgIpc) is 2.37. The van der Waals surface area contributed by atoms with Crippen LogP contribution >= 0.6 is 0 Å². The van der Waals surface area contributed by atoms with E-state index in [0.717, 1.165) is 32.1 Å². The number of aliphatic carboxylic acids is 1. The summed E-state index contributed by atoms with van der Waals surface area (Å²) in [6.07, 6.45) is 4.93. The lowest BCUT2D eigenvalue weighted by atomic mass is 9.81. The van der Waals surface area contributed by atoms with Crippen molar-refractivity contribution in [3.05, 3.63) is 0 Å². The van der Waals surface area contributed by atoms with Crippen molar-refractivity contribution in [3.63, 3.8) is 0 Å². The molecule has 0 spiro atoms. The lowest BCUT2D eigenvalue weighted by molar-refractivity contribution is -0.145. The number of urea groups is 1. The van der Waals surface area contributed by atoms with E-state index >= 15 is 0 Å². The number of carboxylic acid groups (broad SMARTS) is 1. The van der Waals surface area contributed by atoms with Crippen molar-refractivity contribution in [2.45, 2.75) is 56.6 Å². The largest absolute Gasteiger partial charge is 0.480 e. The second-order valence-electron chi connectivity index (χ2n) is 6.25. The van der Waals surface area contributed by atoms with Crippen LogP contribution in [0.25, 0.3) is 0 Å². The van der Waals surface area contributed by atoms with Crippen molar-refractivity contribution in [2.24, 2.45) is 5.92 Å². The second-order valence-corrected chi connectivity index (χ2v) is 6.25. The molecule has 2 aliphatic carbocycles. The Morgan fingerprint density at radius 3 is 2.35 bits per heavy atom. The van der Waals surface area contributed by atoms with Crippen molar-refractivity contribution in [1.82, 2.24) is 10.2 Å². The highest BCUT2D eigenvalue weighted by Crippen LogP contribution is 2.30. The normalized spacial score (nSPS) is 28.3. The lowest BCUT2D eigenvalue weighted by Crippen LogP contribution is -2.58. The molecule has 0 radical (unpaired) electrons. The van der Waals surface area contributed by atoms with Crippen LogP contribution in [0, 0.1) is 5.92 Å². The molecule has 0 atom stereocenters. The van der Waals surface area contributed by atoms with Crippen LogP contribution in [0.15, 0.2) is 0 Å². The fraction of sp³-hybridized carbons (Fsp3) is 0.857. The van der Waals surface area contributed by atoms with Gasteiger partial charge in [0, 0.05) is 13.6 Å². The zero-order valence-electron chi connectivity index (χ0n) is 12.0. The number of hydrogen-bond donors (Lipinski definition) is 3. The Morgan fingerprint density at radius 2 is 1.85 bits per heavy atom. The van der Waals surface area contributed by atoms with Gasteiger partial charge in [0.05, 0.1) is 6.10 Å². The van der Waals surface area contributed by atoms with Gasteiger partial charge in [0.15, 0.2) is 0 Å². The van der Waals surface area contributed by atoms with Crippen LogP contribution in [0.5, 0.6) is 0 Å². The minimum absolute atomic E-state index is 0.236. The van der Waals surface area contributed by atoms with Crippen LogP contribution in [0.2, 0.25) is 0 Å². The zero-order chi connectivity index (χ0) is 14.8. The van der Waals surface area contributed by atoms with Gasteiger partial charge in [0.25, 0.3) is 0 Å². The molecule has 2 saturated carbocycles. The maximum absolute atomic E-state index is 12.2. The number of amides is 2. The Bertz CT molecular complexity index is 373. The highest BCUT2D eigenvalue weighted by molar-refractivity contribution is 5.86. The number of carbonyl (C=O) groups excluding carboxylic acids is 1. The van der Waals surface area contributed by atoms with E-state index in [9.17, 15) is 19.8 Å². The highest BCUT2D eigenvalue weighted by atomic mass is 16.4. The first-order valence-electron chi connectivity index (χ1n) is 7.38. The summed E-state index contributed by atoms with van der Waals surface area (Å²) in [6, 6.07) is -0.323. The Balaban J connectivity index is 1.89. The Labute approximate surface area is 119 Å². The topological polar surface area (TPSA) is 89.9 Å². The van der Waals surface area contributed by atoms with Crippen molar-refractivity contribution in [1.29, 1.82) is 0 Å². The molecule has 2 aliphatic rings. The van der Waals surface area contributed by atoms with Crippen molar-refractivity contribution >= 4 is 12.0 Å². The summed E-state index contributed by atoms with van der Waals surface area (Å²) in [5.74, 6) is -0.606. The maximum atomic E-state index is 12.2. The summed E-state index contributed by atoms with van der Waals surface area (Å²) in [7, 11) is 1.68.